The third-order valence-corrected chi connectivity index (χ3v) is 4.18. The van der Waals surface area contributed by atoms with E-state index in [1.807, 2.05) is 6.92 Å². The summed E-state index contributed by atoms with van der Waals surface area (Å²) >= 11 is 5.92. The molecule has 0 aliphatic carbocycles. The maximum Gasteiger partial charge on any atom is 0.310 e. The van der Waals surface area contributed by atoms with Crippen molar-refractivity contribution in [3.63, 3.8) is 0 Å². The summed E-state index contributed by atoms with van der Waals surface area (Å²) in [7, 11) is 0. The highest BCUT2D eigenvalue weighted by molar-refractivity contribution is 6.31. The number of nitrogens with one attached hydrogen (secondary N) is 1. The van der Waals surface area contributed by atoms with E-state index < -0.39 is 30.0 Å². The van der Waals surface area contributed by atoms with Crippen LogP contribution in [0.4, 0.5) is 5.69 Å². The van der Waals surface area contributed by atoms with E-state index in [0.29, 0.717) is 10.7 Å². The average molecular weight is 308 g/mol. The Labute approximate surface area is 126 Å². The first-order chi connectivity index (χ1) is 9.97. The molecule has 1 aromatic carbocycles. The van der Waals surface area contributed by atoms with Gasteiger partial charge in [-0.1, -0.05) is 29.8 Å². The van der Waals surface area contributed by atoms with Crippen molar-refractivity contribution >= 4 is 29.2 Å². The lowest BCUT2D eigenvalue weighted by Gasteiger charge is -2.21. The Morgan fingerprint density at radius 2 is 1.90 bits per heavy atom. The average Bonchev–Trinajstić information content (AvgIpc) is 3.03. The molecule has 6 heteroatoms. The van der Waals surface area contributed by atoms with Gasteiger partial charge in [0, 0.05) is 10.7 Å². The van der Waals surface area contributed by atoms with E-state index in [1.54, 1.807) is 30.4 Å². The Morgan fingerprint density at radius 1 is 1.24 bits per heavy atom. The van der Waals surface area contributed by atoms with Crippen molar-refractivity contribution in [3.8, 4) is 0 Å². The van der Waals surface area contributed by atoms with Crippen LogP contribution >= 0.6 is 11.6 Å². The van der Waals surface area contributed by atoms with Gasteiger partial charge in [0.2, 0.25) is 5.91 Å². The van der Waals surface area contributed by atoms with Gasteiger partial charge in [-0.3, -0.25) is 9.59 Å². The fourth-order valence-corrected chi connectivity index (χ4v) is 3.03. The quantitative estimate of drug-likeness (QED) is 0.840. The Bertz CT molecular complexity index is 643. The fourth-order valence-electron chi connectivity index (χ4n) is 2.86. The summed E-state index contributed by atoms with van der Waals surface area (Å²) in [5.74, 6) is -2.95. The fraction of sp³-hybridized carbons (Fsp3) is 0.333. The van der Waals surface area contributed by atoms with Gasteiger partial charge in [-0.25, -0.2) is 0 Å². The summed E-state index contributed by atoms with van der Waals surface area (Å²) in [6.07, 6.45) is 2.45. The van der Waals surface area contributed by atoms with Gasteiger partial charge in [0.1, 0.15) is 5.92 Å². The predicted octanol–water partition coefficient (Wildman–Crippen LogP) is 2.24. The second-order valence-corrected chi connectivity index (χ2v) is 5.72. The van der Waals surface area contributed by atoms with Gasteiger partial charge in [-0.2, -0.15) is 0 Å². The first-order valence-electron chi connectivity index (χ1n) is 6.61. The second kappa shape index (κ2) is 5.16. The zero-order valence-corrected chi connectivity index (χ0v) is 12.0. The Morgan fingerprint density at radius 3 is 2.57 bits per heavy atom. The largest absolute Gasteiger partial charge is 0.481 e. The van der Waals surface area contributed by atoms with Crippen LogP contribution in [0.5, 0.6) is 0 Å². The zero-order valence-electron chi connectivity index (χ0n) is 11.2. The summed E-state index contributed by atoms with van der Waals surface area (Å²) < 4.78 is 5.49. The lowest BCUT2D eigenvalue weighted by Crippen LogP contribution is -2.39. The van der Waals surface area contributed by atoms with Crippen molar-refractivity contribution in [2.24, 2.45) is 11.8 Å². The van der Waals surface area contributed by atoms with E-state index in [4.69, 9.17) is 16.3 Å². The molecule has 0 aromatic heterocycles. The third kappa shape index (κ3) is 2.43. The lowest BCUT2D eigenvalue weighted by molar-refractivity contribution is -0.145. The van der Waals surface area contributed by atoms with Crippen LogP contribution < -0.4 is 5.32 Å². The molecular weight excluding hydrogens is 294 g/mol. The van der Waals surface area contributed by atoms with E-state index >= 15 is 0 Å². The smallest absolute Gasteiger partial charge is 0.310 e. The number of fused-ring (bicyclic) bond motifs is 2. The molecule has 2 aliphatic heterocycles. The van der Waals surface area contributed by atoms with Crippen molar-refractivity contribution in [2.75, 3.05) is 5.32 Å². The van der Waals surface area contributed by atoms with Gasteiger partial charge in [0.05, 0.1) is 18.1 Å². The Hall–Kier alpha value is -1.85. The maximum absolute atomic E-state index is 12.5. The van der Waals surface area contributed by atoms with Crippen LogP contribution in [0.2, 0.25) is 5.02 Å². The van der Waals surface area contributed by atoms with Crippen LogP contribution in [0, 0.1) is 18.8 Å². The molecule has 1 saturated heterocycles. The summed E-state index contributed by atoms with van der Waals surface area (Å²) in [6.45, 7) is 1.85. The minimum Gasteiger partial charge on any atom is -0.481 e. The zero-order chi connectivity index (χ0) is 15.1. The molecule has 0 saturated carbocycles. The molecule has 110 valence electrons. The van der Waals surface area contributed by atoms with Crippen molar-refractivity contribution in [1.29, 1.82) is 0 Å². The molecule has 5 nitrogen and oxygen atoms in total. The molecule has 3 rings (SSSR count). The molecule has 1 amide bonds. The number of benzene rings is 1. The topological polar surface area (TPSA) is 75.6 Å². The molecule has 0 unspecified atom stereocenters. The summed E-state index contributed by atoms with van der Waals surface area (Å²) in [5.41, 5.74) is 1.45. The van der Waals surface area contributed by atoms with E-state index in [9.17, 15) is 14.7 Å². The van der Waals surface area contributed by atoms with Gasteiger partial charge in [-0.15, -0.1) is 0 Å². The number of ether oxygens (including phenoxy) is 1. The van der Waals surface area contributed by atoms with Gasteiger partial charge in [-0.05, 0) is 24.6 Å². The molecule has 2 bridgehead atoms. The highest BCUT2D eigenvalue weighted by atomic mass is 35.5. The van der Waals surface area contributed by atoms with E-state index in [1.165, 1.54) is 0 Å². The number of carboxylic acid groups (broad SMARTS) is 1. The number of anilines is 1. The first-order valence-corrected chi connectivity index (χ1v) is 6.99. The number of amides is 1. The van der Waals surface area contributed by atoms with E-state index in [-0.39, 0.29) is 5.91 Å². The predicted molar refractivity (Wildman–Crippen MR) is 77.2 cm³/mol. The molecule has 2 heterocycles. The van der Waals surface area contributed by atoms with Crippen LogP contribution in [0.15, 0.2) is 30.4 Å². The first kappa shape index (κ1) is 14.1. The molecule has 1 aromatic rings. The number of aryl methyl sites for hydroxylation is 1. The van der Waals surface area contributed by atoms with Crippen molar-refractivity contribution in [2.45, 2.75) is 19.1 Å². The highest BCUT2D eigenvalue weighted by Crippen LogP contribution is 2.40. The van der Waals surface area contributed by atoms with Crippen LogP contribution in [-0.2, 0) is 14.3 Å². The van der Waals surface area contributed by atoms with Gasteiger partial charge < -0.3 is 15.2 Å². The molecule has 2 N–H and O–H groups in total. The van der Waals surface area contributed by atoms with Crippen LogP contribution in [0.25, 0.3) is 0 Å². The number of hydrogen-bond acceptors (Lipinski definition) is 3. The molecule has 0 radical (unpaired) electrons. The van der Waals surface area contributed by atoms with Crippen LogP contribution in [0.3, 0.4) is 0 Å². The van der Waals surface area contributed by atoms with Crippen molar-refractivity contribution in [1.82, 2.24) is 0 Å². The molecule has 0 spiro atoms. The van der Waals surface area contributed by atoms with Gasteiger partial charge >= 0.3 is 5.97 Å². The molecule has 1 fully saturated rings. The van der Waals surface area contributed by atoms with E-state index in [0.717, 1.165) is 5.56 Å². The molecule has 2 aliphatic rings. The number of halogens is 1. The Kier molecular flexibility index (Phi) is 3.47. The molecule has 4 atom stereocenters. The summed E-state index contributed by atoms with van der Waals surface area (Å²) in [6, 6.07) is 5.17. The SMILES string of the molecule is Cc1ccc(Cl)cc1NC(=O)[C@@H]1[C@@H](C(=O)O)[C@H]2C=C[C@@H]1O2. The van der Waals surface area contributed by atoms with Gasteiger partial charge in [0.15, 0.2) is 0 Å². The number of carbonyl (C=O) groups is 2. The van der Waals surface area contributed by atoms with Crippen LogP contribution in [-0.4, -0.2) is 29.2 Å². The van der Waals surface area contributed by atoms with Crippen molar-refractivity contribution in [3.05, 3.63) is 40.9 Å². The minimum atomic E-state index is -1.02. The highest BCUT2D eigenvalue weighted by Gasteiger charge is 2.53. The number of hydrogen-bond donors (Lipinski definition) is 2. The number of rotatable bonds is 3. The molecule has 21 heavy (non-hydrogen) atoms. The second-order valence-electron chi connectivity index (χ2n) is 5.29. The maximum atomic E-state index is 12.5. The summed E-state index contributed by atoms with van der Waals surface area (Å²) in [5, 5.41) is 12.6. The normalized spacial score (nSPS) is 29.6. The summed E-state index contributed by atoms with van der Waals surface area (Å²) in [4.78, 5) is 23.8. The standard InChI is InChI=1S/C15H14ClNO4/c1-7-2-3-8(16)6-9(7)17-14(18)12-10-4-5-11(21-10)13(12)15(19)20/h2-6,10-13H,1H3,(H,17,18)(H,19,20)/t10-,11+,12-,13-/m0/s1. The van der Waals surface area contributed by atoms with Crippen LogP contribution in [0.1, 0.15) is 5.56 Å². The number of carbonyl (C=O) groups excluding carboxylic acids is 1. The third-order valence-electron chi connectivity index (χ3n) is 3.94. The van der Waals surface area contributed by atoms with E-state index in [2.05, 4.69) is 5.32 Å². The number of aliphatic carboxylic acids is 1. The molecular formula is C15H14ClNO4. The van der Waals surface area contributed by atoms with Crippen molar-refractivity contribution < 1.29 is 19.4 Å². The monoisotopic (exact) mass is 307 g/mol. The lowest BCUT2D eigenvalue weighted by atomic mass is 9.82. The van der Waals surface area contributed by atoms with Gasteiger partial charge in [0.25, 0.3) is 0 Å². The Balaban J connectivity index is 1.83. The number of carboxylic acids is 1. The minimum absolute atomic E-state index is 0.357.